The van der Waals surface area contributed by atoms with Crippen molar-refractivity contribution in [3.63, 3.8) is 0 Å². The van der Waals surface area contributed by atoms with E-state index in [1.165, 1.54) is 11.8 Å². The molecule has 0 aliphatic carbocycles. The third-order valence-electron chi connectivity index (χ3n) is 4.97. The van der Waals surface area contributed by atoms with Gasteiger partial charge in [-0.3, -0.25) is 18.6 Å². The molecule has 1 aromatic carbocycles. The lowest BCUT2D eigenvalue weighted by atomic mass is 10.2. The summed E-state index contributed by atoms with van der Waals surface area (Å²) in [7, 11) is 0. The minimum atomic E-state index is -0.249. The molecular weight excluding hydrogens is 362 g/mol. The summed E-state index contributed by atoms with van der Waals surface area (Å²) in [6.45, 7) is 6.20. The summed E-state index contributed by atoms with van der Waals surface area (Å²) in [6.07, 6.45) is 2.98. The van der Waals surface area contributed by atoms with Crippen molar-refractivity contribution in [3.8, 4) is 0 Å². The molecule has 1 aliphatic heterocycles. The molecule has 0 spiro atoms. The standard InChI is InChI=1S/C19H23N5O2S/c1-3-10-23-17(26)14-8-4-5-9-15(14)24-18(23)20-21-19(24)27-13(2)16(25)22-11-6-7-12-22/h4-5,8-9,13H,3,6-7,10-12H2,1-2H3/t13-/m0/s1. The van der Waals surface area contributed by atoms with E-state index < -0.39 is 0 Å². The maximum absolute atomic E-state index is 12.9. The quantitative estimate of drug-likeness (QED) is 0.631. The van der Waals surface area contributed by atoms with Crippen LogP contribution in [0.25, 0.3) is 16.7 Å². The van der Waals surface area contributed by atoms with Crippen molar-refractivity contribution in [2.24, 2.45) is 0 Å². The fourth-order valence-electron chi connectivity index (χ4n) is 3.64. The van der Waals surface area contributed by atoms with Crippen molar-refractivity contribution >= 4 is 34.3 Å². The minimum absolute atomic E-state index is 0.0508. The van der Waals surface area contributed by atoms with Crippen LogP contribution in [0.4, 0.5) is 0 Å². The SMILES string of the molecule is CCCn1c(=O)c2ccccc2n2c(S[C@@H](C)C(=O)N3CCCC3)nnc12. The molecule has 0 bridgehead atoms. The Bertz CT molecular complexity index is 1050. The summed E-state index contributed by atoms with van der Waals surface area (Å²) in [5, 5.41) is 9.65. The van der Waals surface area contributed by atoms with Gasteiger partial charge in [0.15, 0.2) is 5.16 Å². The molecule has 27 heavy (non-hydrogen) atoms. The number of para-hydroxylation sites is 1. The van der Waals surface area contributed by atoms with E-state index in [1.807, 2.05) is 47.4 Å². The molecule has 0 radical (unpaired) electrons. The molecule has 1 amide bonds. The first-order chi connectivity index (χ1) is 13.1. The molecule has 0 N–H and O–H groups in total. The van der Waals surface area contributed by atoms with E-state index in [-0.39, 0.29) is 16.7 Å². The van der Waals surface area contributed by atoms with Gasteiger partial charge in [-0.2, -0.15) is 0 Å². The molecule has 0 unspecified atom stereocenters. The normalized spacial score (nSPS) is 15.7. The number of fused-ring (bicyclic) bond motifs is 3. The van der Waals surface area contributed by atoms with Gasteiger partial charge in [0.05, 0.1) is 16.2 Å². The first-order valence-electron chi connectivity index (χ1n) is 9.44. The predicted molar refractivity (Wildman–Crippen MR) is 106 cm³/mol. The Morgan fingerprint density at radius 1 is 1.22 bits per heavy atom. The molecule has 142 valence electrons. The average Bonchev–Trinajstić information content (AvgIpc) is 3.35. The highest BCUT2D eigenvalue weighted by Gasteiger charge is 2.26. The number of thioether (sulfide) groups is 1. The van der Waals surface area contributed by atoms with Crippen LogP contribution in [0.3, 0.4) is 0 Å². The number of nitrogens with zero attached hydrogens (tertiary/aromatic N) is 5. The van der Waals surface area contributed by atoms with Gasteiger partial charge in [-0.15, -0.1) is 10.2 Å². The van der Waals surface area contributed by atoms with Gasteiger partial charge < -0.3 is 4.90 Å². The van der Waals surface area contributed by atoms with Crippen LogP contribution < -0.4 is 5.56 Å². The Labute approximate surface area is 161 Å². The maximum atomic E-state index is 12.9. The lowest BCUT2D eigenvalue weighted by Gasteiger charge is -2.19. The monoisotopic (exact) mass is 385 g/mol. The second-order valence-electron chi connectivity index (χ2n) is 6.88. The summed E-state index contributed by atoms with van der Waals surface area (Å²) < 4.78 is 3.58. The molecular formula is C19H23N5O2S. The number of carbonyl (C=O) groups excluding carboxylic acids is 1. The highest BCUT2D eigenvalue weighted by Crippen LogP contribution is 2.27. The molecule has 7 nitrogen and oxygen atoms in total. The molecule has 2 aromatic heterocycles. The van der Waals surface area contributed by atoms with Gasteiger partial charge in [-0.05, 0) is 38.3 Å². The van der Waals surface area contributed by atoms with Gasteiger partial charge in [0, 0.05) is 19.6 Å². The number of hydrogen-bond donors (Lipinski definition) is 0. The molecule has 1 aliphatic rings. The molecule has 1 fully saturated rings. The highest BCUT2D eigenvalue weighted by atomic mass is 32.2. The second-order valence-corrected chi connectivity index (χ2v) is 8.19. The molecule has 3 heterocycles. The van der Waals surface area contributed by atoms with Crippen LogP contribution in [0, 0.1) is 0 Å². The van der Waals surface area contributed by atoms with Gasteiger partial charge in [0.25, 0.3) is 5.56 Å². The number of rotatable bonds is 5. The van der Waals surface area contributed by atoms with Gasteiger partial charge in [-0.1, -0.05) is 30.8 Å². The summed E-state index contributed by atoms with van der Waals surface area (Å²) in [4.78, 5) is 27.5. The number of aryl methyl sites for hydroxylation is 1. The second kappa shape index (κ2) is 7.34. The number of likely N-dealkylation sites (tertiary alicyclic amines) is 1. The first kappa shape index (κ1) is 18.0. The number of amides is 1. The van der Waals surface area contributed by atoms with Crippen LogP contribution in [0.2, 0.25) is 0 Å². The molecule has 1 saturated heterocycles. The largest absolute Gasteiger partial charge is 0.342 e. The maximum Gasteiger partial charge on any atom is 0.262 e. The van der Waals surface area contributed by atoms with Crippen LogP contribution >= 0.6 is 11.8 Å². The van der Waals surface area contributed by atoms with Crippen molar-refractivity contribution in [1.29, 1.82) is 0 Å². The van der Waals surface area contributed by atoms with Crippen LogP contribution in [0.15, 0.2) is 34.2 Å². The lowest BCUT2D eigenvalue weighted by molar-refractivity contribution is -0.129. The topological polar surface area (TPSA) is 72.5 Å². The van der Waals surface area contributed by atoms with Gasteiger partial charge in [-0.25, -0.2) is 0 Å². The Morgan fingerprint density at radius 3 is 2.70 bits per heavy atom. The Hall–Kier alpha value is -2.35. The summed E-state index contributed by atoms with van der Waals surface area (Å²) in [5.41, 5.74) is 0.725. The molecule has 3 aromatic rings. The zero-order chi connectivity index (χ0) is 19.0. The third kappa shape index (κ3) is 3.12. The molecule has 1 atom stereocenters. The van der Waals surface area contributed by atoms with Crippen LogP contribution in [0.5, 0.6) is 0 Å². The number of aromatic nitrogens is 4. The summed E-state index contributed by atoms with van der Waals surface area (Å²) >= 11 is 1.40. The van der Waals surface area contributed by atoms with E-state index in [4.69, 9.17) is 0 Å². The molecule has 0 saturated carbocycles. The van der Waals surface area contributed by atoms with E-state index in [2.05, 4.69) is 10.2 Å². The molecule has 4 rings (SSSR count). The van der Waals surface area contributed by atoms with E-state index >= 15 is 0 Å². The number of benzene rings is 1. The van der Waals surface area contributed by atoms with Crippen molar-refractivity contribution in [2.45, 2.75) is 50.1 Å². The Balaban J connectivity index is 1.80. The zero-order valence-electron chi connectivity index (χ0n) is 15.6. The smallest absolute Gasteiger partial charge is 0.262 e. The Morgan fingerprint density at radius 2 is 1.96 bits per heavy atom. The summed E-state index contributed by atoms with van der Waals surface area (Å²) in [5.74, 6) is 0.671. The fraction of sp³-hybridized carbons (Fsp3) is 0.474. The fourth-order valence-corrected chi connectivity index (χ4v) is 4.58. The van der Waals surface area contributed by atoms with Gasteiger partial charge >= 0.3 is 0 Å². The zero-order valence-corrected chi connectivity index (χ0v) is 16.4. The van der Waals surface area contributed by atoms with Crippen molar-refractivity contribution in [2.75, 3.05) is 13.1 Å². The lowest BCUT2D eigenvalue weighted by Crippen LogP contribution is -2.34. The van der Waals surface area contributed by atoms with E-state index in [9.17, 15) is 9.59 Å². The predicted octanol–water partition coefficient (Wildman–Crippen LogP) is 2.56. The third-order valence-corrected chi connectivity index (χ3v) is 6.00. The minimum Gasteiger partial charge on any atom is -0.342 e. The van der Waals surface area contributed by atoms with Gasteiger partial charge in [0.1, 0.15) is 0 Å². The van der Waals surface area contributed by atoms with Crippen LogP contribution in [0.1, 0.15) is 33.1 Å². The highest BCUT2D eigenvalue weighted by molar-refractivity contribution is 8.00. The van der Waals surface area contributed by atoms with Crippen molar-refractivity contribution in [1.82, 2.24) is 24.1 Å². The van der Waals surface area contributed by atoms with Crippen LogP contribution in [-0.2, 0) is 11.3 Å². The molecule has 8 heteroatoms. The Kier molecular flexibility index (Phi) is 4.90. The number of hydrogen-bond acceptors (Lipinski definition) is 5. The average molecular weight is 385 g/mol. The van der Waals surface area contributed by atoms with Crippen LogP contribution in [-0.4, -0.2) is 48.3 Å². The number of carbonyl (C=O) groups is 1. The first-order valence-corrected chi connectivity index (χ1v) is 10.3. The van der Waals surface area contributed by atoms with E-state index in [1.54, 1.807) is 4.57 Å². The van der Waals surface area contributed by atoms with E-state index in [0.717, 1.165) is 37.9 Å². The van der Waals surface area contributed by atoms with Crippen molar-refractivity contribution < 1.29 is 4.79 Å². The summed E-state index contributed by atoms with van der Waals surface area (Å²) in [6, 6.07) is 7.50. The van der Waals surface area contributed by atoms with Gasteiger partial charge in [0.2, 0.25) is 11.7 Å². The van der Waals surface area contributed by atoms with Crippen molar-refractivity contribution in [3.05, 3.63) is 34.6 Å². The van der Waals surface area contributed by atoms with E-state index in [0.29, 0.717) is 22.9 Å².